The first kappa shape index (κ1) is 11.6. The second-order valence-corrected chi connectivity index (χ2v) is 4.86. The average Bonchev–Trinajstić information content (AvgIpc) is 2.54. The molecular formula is C12H14BrNO2. The lowest BCUT2D eigenvalue weighted by Crippen LogP contribution is -2.29. The molecule has 4 heteroatoms. The van der Waals surface area contributed by atoms with Crippen molar-refractivity contribution in [1.29, 1.82) is 0 Å². The van der Waals surface area contributed by atoms with Gasteiger partial charge in [-0.15, -0.1) is 0 Å². The Balaban J connectivity index is 2.31. The fourth-order valence-corrected chi connectivity index (χ4v) is 2.47. The van der Waals surface area contributed by atoms with Crippen molar-refractivity contribution in [1.82, 2.24) is 4.90 Å². The predicted molar refractivity (Wildman–Crippen MR) is 64.9 cm³/mol. The zero-order valence-electron chi connectivity index (χ0n) is 9.06. The van der Waals surface area contributed by atoms with Gasteiger partial charge in [-0.25, -0.2) is 0 Å². The highest BCUT2D eigenvalue weighted by atomic mass is 79.9. The normalized spacial score (nSPS) is 25.2. The number of nitrogens with zero attached hydrogens (tertiary/aromatic N) is 1. The van der Waals surface area contributed by atoms with Gasteiger partial charge in [-0.05, 0) is 24.6 Å². The Labute approximate surface area is 103 Å². The standard InChI is InChI=1S/C12H14BrNO2/c1-2-14-11(16)7-10(15)12(14)8-3-5-9(13)6-4-8/h3-6,10,12,15H,2,7H2,1H3. The lowest BCUT2D eigenvalue weighted by Gasteiger charge is -2.25. The maximum atomic E-state index is 11.6. The average molecular weight is 284 g/mol. The van der Waals surface area contributed by atoms with Gasteiger partial charge in [0.15, 0.2) is 0 Å². The van der Waals surface area contributed by atoms with Crippen molar-refractivity contribution >= 4 is 21.8 Å². The van der Waals surface area contributed by atoms with E-state index in [2.05, 4.69) is 15.9 Å². The summed E-state index contributed by atoms with van der Waals surface area (Å²) >= 11 is 3.37. The van der Waals surface area contributed by atoms with E-state index >= 15 is 0 Å². The van der Waals surface area contributed by atoms with E-state index in [0.717, 1.165) is 10.0 Å². The third-order valence-corrected chi connectivity index (χ3v) is 3.49. The van der Waals surface area contributed by atoms with E-state index in [-0.39, 0.29) is 18.4 Å². The highest BCUT2D eigenvalue weighted by Gasteiger charge is 2.38. The number of rotatable bonds is 2. The molecule has 0 aromatic heterocycles. The minimum absolute atomic E-state index is 0.0305. The van der Waals surface area contributed by atoms with Gasteiger partial charge in [0, 0.05) is 11.0 Å². The van der Waals surface area contributed by atoms with Gasteiger partial charge in [-0.3, -0.25) is 4.79 Å². The highest BCUT2D eigenvalue weighted by Crippen LogP contribution is 2.33. The summed E-state index contributed by atoms with van der Waals surface area (Å²) in [6, 6.07) is 7.56. The molecule has 1 aromatic rings. The number of carbonyl (C=O) groups excluding carboxylic acids is 1. The SMILES string of the molecule is CCN1C(=O)CC(O)C1c1ccc(Br)cc1. The molecule has 86 valence electrons. The Kier molecular flexibility index (Phi) is 3.30. The lowest BCUT2D eigenvalue weighted by atomic mass is 10.0. The van der Waals surface area contributed by atoms with Crippen LogP contribution in [0.3, 0.4) is 0 Å². The number of hydrogen-bond donors (Lipinski definition) is 1. The number of likely N-dealkylation sites (N-methyl/N-ethyl adjacent to an activating group) is 1. The number of benzene rings is 1. The van der Waals surface area contributed by atoms with E-state index in [1.165, 1.54) is 0 Å². The summed E-state index contributed by atoms with van der Waals surface area (Å²) in [7, 11) is 0. The molecule has 0 radical (unpaired) electrons. The van der Waals surface area contributed by atoms with E-state index in [9.17, 15) is 9.90 Å². The van der Waals surface area contributed by atoms with Gasteiger partial charge >= 0.3 is 0 Å². The Morgan fingerprint density at radius 2 is 2.06 bits per heavy atom. The quantitative estimate of drug-likeness (QED) is 0.903. The van der Waals surface area contributed by atoms with Gasteiger partial charge in [0.05, 0.1) is 18.6 Å². The van der Waals surface area contributed by atoms with Crippen molar-refractivity contribution in [2.45, 2.75) is 25.5 Å². The van der Waals surface area contributed by atoms with Crippen LogP contribution in [0, 0.1) is 0 Å². The second-order valence-electron chi connectivity index (χ2n) is 3.95. The Bertz CT molecular complexity index is 391. The third kappa shape index (κ3) is 1.99. The summed E-state index contributed by atoms with van der Waals surface area (Å²) in [6.07, 6.45) is -0.359. The van der Waals surface area contributed by atoms with E-state index in [0.29, 0.717) is 6.54 Å². The van der Waals surface area contributed by atoms with E-state index < -0.39 is 6.10 Å². The summed E-state index contributed by atoms with van der Waals surface area (Å²) in [5.74, 6) is 0.0305. The lowest BCUT2D eigenvalue weighted by molar-refractivity contribution is -0.128. The van der Waals surface area contributed by atoms with Crippen molar-refractivity contribution in [2.24, 2.45) is 0 Å². The fourth-order valence-electron chi connectivity index (χ4n) is 2.21. The van der Waals surface area contributed by atoms with Crippen LogP contribution in [-0.4, -0.2) is 28.6 Å². The summed E-state index contributed by atoms with van der Waals surface area (Å²) < 4.78 is 0.998. The molecule has 1 aliphatic rings. The zero-order valence-corrected chi connectivity index (χ0v) is 10.6. The van der Waals surface area contributed by atoms with Crippen molar-refractivity contribution in [2.75, 3.05) is 6.54 Å². The Hall–Kier alpha value is -0.870. The smallest absolute Gasteiger partial charge is 0.225 e. The van der Waals surface area contributed by atoms with Gasteiger partial charge in [0.25, 0.3) is 0 Å². The van der Waals surface area contributed by atoms with Crippen LogP contribution in [0.5, 0.6) is 0 Å². The molecule has 1 heterocycles. The molecule has 0 aliphatic carbocycles. The Morgan fingerprint density at radius 1 is 1.44 bits per heavy atom. The first-order chi connectivity index (χ1) is 7.63. The predicted octanol–water partition coefficient (Wildman–Crippen LogP) is 2.10. The minimum Gasteiger partial charge on any atom is -0.390 e. The molecule has 2 unspecified atom stereocenters. The molecule has 0 saturated carbocycles. The fraction of sp³-hybridized carbons (Fsp3) is 0.417. The van der Waals surface area contributed by atoms with E-state index in [4.69, 9.17) is 0 Å². The highest BCUT2D eigenvalue weighted by molar-refractivity contribution is 9.10. The zero-order chi connectivity index (χ0) is 11.7. The maximum absolute atomic E-state index is 11.6. The number of aliphatic hydroxyl groups excluding tert-OH is 1. The monoisotopic (exact) mass is 283 g/mol. The Morgan fingerprint density at radius 3 is 2.62 bits per heavy atom. The largest absolute Gasteiger partial charge is 0.390 e. The number of halogens is 1. The number of hydrogen-bond acceptors (Lipinski definition) is 2. The van der Waals surface area contributed by atoms with Gasteiger partial charge in [-0.2, -0.15) is 0 Å². The van der Waals surface area contributed by atoms with Gasteiger partial charge in [-0.1, -0.05) is 28.1 Å². The topological polar surface area (TPSA) is 40.5 Å². The van der Waals surface area contributed by atoms with Crippen LogP contribution in [0.15, 0.2) is 28.7 Å². The van der Waals surface area contributed by atoms with Crippen LogP contribution in [-0.2, 0) is 4.79 Å². The molecule has 3 nitrogen and oxygen atoms in total. The van der Waals surface area contributed by atoms with Crippen LogP contribution in [0.1, 0.15) is 24.9 Å². The summed E-state index contributed by atoms with van der Waals surface area (Å²) in [5, 5.41) is 9.91. The first-order valence-corrected chi connectivity index (χ1v) is 6.15. The molecule has 0 bridgehead atoms. The molecule has 0 spiro atoms. The number of amides is 1. The second kappa shape index (κ2) is 4.55. The molecule has 2 rings (SSSR count). The van der Waals surface area contributed by atoms with Crippen LogP contribution in [0.25, 0.3) is 0 Å². The molecular weight excluding hydrogens is 270 g/mol. The molecule has 1 N–H and O–H groups in total. The maximum Gasteiger partial charge on any atom is 0.225 e. The van der Waals surface area contributed by atoms with E-state index in [1.807, 2.05) is 31.2 Å². The van der Waals surface area contributed by atoms with Crippen LogP contribution in [0.4, 0.5) is 0 Å². The summed E-state index contributed by atoms with van der Waals surface area (Å²) in [5.41, 5.74) is 0.989. The molecule has 1 aliphatic heterocycles. The van der Waals surface area contributed by atoms with Crippen molar-refractivity contribution in [3.63, 3.8) is 0 Å². The summed E-state index contributed by atoms with van der Waals surface area (Å²) in [6.45, 7) is 2.57. The summed E-state index contributed by atoms with van der Waals surface area (Å²) in [4.78, 5) is 13.4. The van der Waals surface area contributed by atoms with Crippen LogP contribution >= 0.6 is 15.9 Å². The molecule has 1 aromatic carbocycles. The van der Waals surface area contributed by atoms with Gasteiger partial charge in [0.1, 0.15) is 0 Å². The van der Waals surface area contributed by atoms with Crippen molar-refractivity contribution < 1.29 is 9.90 Å². The van der Waals surface area contributed by atoms with E-state index in [1.54, 1.807) is 4.90 Å². The molecule has 1 amide bonds. The molecule has 1 fully saturated rings. The molecule has 2 atom stereocenters. The minimum atomic E-state index is -0.589. The molecule has 1 saturated heterocycles. The van der Waals surface area contributed by atoms with Crippen molar-refractivity contribution in [3.05, 3.63) is 34.3 Å². The third-order valence-electron chi connectivity index (χ3n) is 2.96. The van der Waals surface area contributed by atoms with Crippen molar-refractivity contribution in [3.8, 4) is 0 Å². The first-order valence-electron chi connectivity index (χ1n) is 5.36. The number of aliphatic hydroxyl groups is 1. The molecule has 16 heavy (non-hydrogen) atoms. The number of likely N-dealkylation sites (tertiary alicyclic amines) is 1. The van der Waals surface area contributed by atoms with Crippen LogP contribution < -0.4 is 0 Å². The van der Waals surface area contributed by atoms with Gasteiger partial charge < -0.3 is 10.0 Å². The van der Waals surface area contributed by atoms with Gasteiger partial charge in [0.2, 0.25) is 5.91 Å². The number of carbonyl (C=O) groups is 1. The van der Waals surface area contributed by atoms with Crippen LogP contribution in [0.2, 0.25) is 0 Å².